The number of fused-ring (bicyclic) bond motifs is 1. The van der Waals surface area contributed by atoms with E-state index < -0.39 is 0 Å². The van der Waals surface area contributed by atoms with E-state index in [1.807, 2.05) is 0 Å². The second kappa shape index (κ2) is 7.10. The molecule has 0 radical (unpaired) electrons. The second-order valence-corrected chi connectivity index (χ2v) is 7.69. The minimum atomic E-state index is 0.418. The molecule has 1 aromatic heterocycles. The van der Waals surface area contributed by atoms with E-state index >= 15 is 0 Å². The summed E-state index contributed by atoms with van der Waals surface area (Å²) in [7, 11) is 0. The molecule has 2 heterocycles. The number of aryl methyl sites for hydroxylation is 2. The maximum Gasteiger partial charge on any atom is 0.0711 e. The van der Waals surface area contributed by atoms with Gasteiger partial charge in [0, 0.05) is 24.5 Å². The molecule has 0 spiro atoms. The smallest absolute Gasteiger partial charge is 0.0711 e. The molecule has 1 atom stereocenters. The fourth-order valence-corrected chi connectivity index (χ4v) is 3.54. The van der Waals surface area contributed by atoms with Gasteiger partial charge in [0.15, 0.2) is 0 Å². The van der Waals surface area contributed by atoms with E-state index in [0.29, 0.717) is 11.5 Å². The minimum Gasteiger partial charge on any atom is -0.377 e. The van der Waals surface area contributed by atoms with Gasteiger partial charge < -0.3 is 10.1 Å². The van der Waals surface area contributed by atoms with E-state index in [9.17, 15) is 0 Å². The first kappa shape index (κ1) is 15.9. The Balaban J connectivity index is 1.43. The second-order valence-electron chi connectivity index (χ2n) is 7.69. The van der Waals surface area contributed by atoms with Crippen LogP contribution >= 0.6 is 0 Å². The number of ether oxygens (including phenoxy) is 1. The number of hydrogen-bond donors (Lipinski definition) is 1. The highest BCUT2D eigenvalue weighted by atomic mass is 16.5. The average Bonchev–Trinajstić information content (AvgIpc) is 2.99. The van der Waals surface area contributed by atoms with Crippen LogP contribution in [0.4, 0.5) is 0 Å². The molecule has 2 aliphatic rings. The predicted molar refractivity (Wildman–Crippen MR) is 90.2 cm³/mol. The maximum absolute atomic E-state index is 5.88. The van der Waals surface area contributed by atoms with Crippen LogP contribution in [0.5, 0.6) is 0 Å². The van der Waals surface area contributed by atoms with Crippen molar-refractivity contribution >= 4 is 0 Å². The standard InChI is InChI=1S/C19H30N2O/c1-19(2)10-8-15-6-7-16(21-18(15)13-19)5-3-4-12-22-17-9-11-20-14-17/h6-7,17,20H,3-5,8-14H2,1-2H3/t17-/m1/s1. The summed E-state index contributed by atoms with van der Waals surface area (Å²) in [4.78, 5) is 4.93. The molecule has 3 nitrogen and oxygen atoms in total. The predicted octanol–water partition coefficient (Wildman–Crippen LogP) is 3.30. The molecule has 1 N–H and O–H groups in total. The Labute approximate surface area is 134 Å². The maximum atomic E-state index is 5.88. The Hall–Kier alpha value is -0.930. The Kier molecular flexibility index (Phi) is 5.14. The molecule has 0 amide bonds. The summed E-state index contributed by atoms with van der Waals surface area (Å²) in [5.74, 6) is 0. The Morgan fingerprint density at radius 3 is 3.05 bits per heavy atom. The van der Waals surface area contributed by atoms with Crippen molar-refractivity contribution < 1.29 is 4.74 Å². The quantitative estimate of drug-likeness (QED) is 0.819. The molecular weight excluding hydrogens is 272 g/mol. The van der Waals surface area contributed by atoms with Crippen molar-refractivity contribution in [2.24, 2.45) is 5.41 Å². The molecule has 1 saturated heterocycles. The summed E-state index contributed by atoms with van der Waals surface area (Å²) < 4.78 is 5.88. The van der Waals surface area contributed by atoms with E-state index in [2.05, 4.69) is 31.3 Å². The topological polar surface area (TPSA) is 34.1 Å². The first-order valence-electron chi connectivity index (χ1n) is 8.92. The van der Waals surface area contributed by atoms with Crippen LogP contribution in [-0.2, 0) is 24.0 Å². The number of nitrogens with one attached hydrogen (secondary N) is 1. The molecule has 1 aliphatic heterocycles. The normalized spacial score (nSPS) is 23.5. The molecule has 0 aromatic carbocycles. The fourth-order valence-electron chi connectivity index (χ4n) is 3.54. The Bertz CT molecular complexity index is 492. The van der Waals surface area contributed by atoms with Crippen LogP contribution < -0.4 is 5.32 Å². The lowest BCUT2D eigenvalue weighted by Crippen LogP contribution is -2.23. The van der Waals surface area contributed by atoms with E-state index in [-0.39, 0.29) is 0 Å². The molecule has 122 valence electrons. The third-order valence-electron chi connectivity index (χ3n) is 5.04. The molecule has 1 aliphatic carbocycles. The van der Waals surface area contributed by atoms with Crippen LogP contribution in [0.15, 0.2) is 12.1 Å². The molecule has 3 rings (SSSR count). The van der Waals surface area contributed by atoms with Gasteiger partial charge in [0.2, 0.25) is 0 Å². The summed E-state index contributed by atoms with van der Waals surface area (Å²) >= 11 is 0. The highest BCUT2D eigenvalue weighted by Crippen LogP contribution is 2.33. The van der Waals surface area contributed by atoms with Crippen LogP contribution in [0.3, 0.4) is 0 Å². The van der Waals surface area contributed by atoms with Crippen LogP contribution in [0.2, 0.25) is 0 Å². The molecule has 1 aromatic rings. The molecule has 0 saturated carbocycles. The van der Waals surface area contributed by atoms with Crippen molar-refractivity contribution in [1.82, 2.24) is 10.3 Å². The Morgan fingerprint density at radius 1 is 1.32 bits per heavy atom. The van der Waals surface area contributed by atoms with Gasteiger partial charge in [-0.2, -0.15) is 0 Å². The molecule has 22 heavy (non-hydrogen) atoms. The van der Waals surface area contributed by atoms with Gasteiger partial charge in [-0.25, -0.2) is 0 Å². The largest absolute Gasteiger partial charge is 0.377 e. The SMILES string of the molecule is CC1(C)CCc2ccc(CCCCO[C@@H]3CCNC3)nc2C1. The zero-order valence-electron chi connectivity index (χ0n) is 14.2. The lowest BCUT2D eigenvalue weighted by Gasteiger charge is -2.30. The highest BCUT2D eigenvalue weighted by Gasteiger charge is 2.26. The minimum absolute atomic E-state index is 0.418. The average molecular weight is 302 g/mol. The van der Waals surface area contributed by atoms with Crippen molar-refractivity contribution in [1.29, 1.82) is 0 Å². The van der Waals surface area contributed by atoms with E-state index in [0.717, 1.165) is 39.0 Å². The fraction of sp³-hybridized carbons (Fsp3) is 0.737. The van der Waals surface area contributed by atoms with Crippen molar-refractivity contribution in [3.05, 3.63) is 29.1 Å². The third-order valence-corrected chi connectivity index (χ3v) is 5.04. The summed E-state index contributed by atoms with van der Waals surface area (Å²) in [5, 5.41) is 3.34. The van der Waals surface area contributed by atoms with Gasteiger partial charge in [0.05, 0.1) is 6.10 Å². The van der Waals surface area contributed by atoms with Crippen molar-refractivity contribution in [3.8, 4) is 0 Å². The monoisotopic (exact) mass is 302 g/mol. The molecule has 3 heteroatoms. The van der Waals surface area contributed by atoms with Crippen molar-refractivity contribution in [2.45, 2.75) is 64.9 Å². The first-order chi connectivity index (χ1) is 10.6. The molecule has 1 fully saturated rings. The van der Waals surface area contributed by atoms with Gasteiger partial charge in [-0.05, 0) is 68.5 Å². The van der Waals surface area contributed by atoms with Gasteiger partial charge in [0.1, 0.15) is 0 Å². The van der Waals surface area contributed by atoms with Crippen LogP contribution in [0.25, 0.3) is 0 Å². The molecule has 0 bridgehead atoms. The van der Waals surface area contributed by atoms with E-state index in [4.69, 9.17) is 9.72 Å². The van der Waals surface area contributed by atoms with Crippen molar-refractivity contribution in [2.75, 3.05) is 19.7 Å². The van der Waals surface area contributed by atoms with Gasteiger partial charge in [0.25, 0.3) is 0 Å². The van der Waals surface area contributed by atoms with Gasteiger partial charge >= 0.3 is 0 Å². The number of unbranched alkanes of at least 4 members (excludes halogenated alkanes) is 1. The zero-order chi connectivity index (χ0) is 15.4. The summed E-state index contributed by atoms with van der Waals surface area (Å²) in [6.45, 7) is 7.76. The number of pyridine rings is 1. The molecular formula is C19H30N2O. The van der Waals surface area contributed by atoms with Crippen LogP contribution in [0.1, 0.15) is 56.5 Å². The lowest BCUT2D eigenvalue weighted by molar-refractivity contribution is 0.0645. The first-order valence-corrected chi connectivity index (χ1v) is 8.92. The number of nitrogens with zero attached hydrogens (tertiary/aromatic N) is 1. The third kappa shape index (κ3) is 4.30. The van der Waals surface area contributed by atoms with E-state index in [1.165, 1.54) is 42.6 Å². The van der Waals surface area contributed by atoms with Crippen molar-refractivity contribution in [3.63, 3.8) is 0 Å². The Morgan fingerprint density at radius 2 is 2.23 bits per heavy atom. The number of hydrogen-bond acceptors (Lipinski definition) is 3. The van der Waals surface area contributed by atoms with Crippen LogP contribution in [-0.4, -0.2) is 30.8 Å². The van der Waals surface area contributed by atoms with E-state index in [1.54, 1.807) is 0 Å². The summed E-state index contributed by atoms with van der Waals surface area (Å²) in [5.41, 5.74) is 4.50. The van der Waals surface area contributed by atoms with Crippen LogP contribution in [0, 0.1) is 5.41 Å². The van der Waals surface area contributed by atoms with Gasteiger partial charge in [-0.15, -0.1) is 0 Å². The molecule has 0 unspecified atom stereocenters. The number of rotatable bonds is 6. The lowest BCUT2D eigenvalue weighted by atomic mass is 9.76. The van der Waals surface area contributed by atoms with Gasteiger partial charge in [-0.1, -0.05) is 19.9 Å². The highest BCUT2D eigenvalue weighted by molar-refractivity contribution is 5.27. The number of aromatic nitrogens is 1. The zero-order valence-corrected chi connectivity index (χ0v) is 14.2. The summed E-state index contributed by atoms with van der Waals surface area (Å²) in [6.07, 6.45) is 8.63. The summed E-state index contributed by atoms with van der Waals surface area (Å²) in [6, 6.07) is 4.55. The van der Waals surface area contributed by atoms with Gasteiger partial charge in [-0.3, -0.25) is 4.98 Å².